The van der Waals surface area contributed by atoms with Crippen molar-refractivity contribution in [2.75, 3.05) is 6.54 Å². The lowest BCUT2D eigenvalue weighted by Crippen LogP contribution is -2.54. The Morgan fingerprint density at radius 2 is 2.05 bits per heavy atom. The standard InChI is InChI=1S/C17H27FN2O/c1-4-17(5-2,12-19)20-16(21)13(3)9-10-14-7-6-8-15(18)11-14/h6-8,11,13H,4-5,9-10,12,19H2,1-3H3,(H,20,21). The van der Waals surface area contributed by atoms with Crippen molar-refractivity contribution >= 4 is 5.91 Å². The molecule has 3 nitrogen and oxygen atoms in total. The number of halogens is 1. The maximum atomic E-state index is 13.1. The Balaban J connectivity index is 2.55. The molecule has 1 rings (SSSR count). The Morgan fingerprint density at radius 1 is 1.38 bits per heavy atom. The fraction of sp³-hybridized carbons (Fsp3) is 0.588. The molecule has 4 heteroatoms. The van der Waals surface area contributed by atoms with Gasteiger partial charge in [-0.25, -0.2) is 4.39 Å². The topological polar surface area (TPSA) is 55.1 Å². The first kappa shape index (κ1) is 17.6. The van der Waals surface area contributed by atoms with Gasteiger partial charge in [0.1, 0.15) is 5.82 Å². The smallest absolute Gasteiger partial charge is 0.223 e. The van der Waals surface area contributed by atoms with Gasteiger partial charge in [-0.15, -0.1) is 0 Å². The average Bonchev–Trinajstić information content (AvgIpc) is 2.50. The number of hydrogen-bond donors (Lipinski definition) is 2. The van der Waals surface area contributed by atoms with Crippen molar-refractivity contribution in [3.8, 4) is 0 Å². The molecule has 0 fully saturated rings. The SMILES string of the molecule is CCC(CC)(CN)NC(=O)C(C)CCc1cccc(F)c1. The summed E-state index contributed by atoms with van der Waals surface area (Å²) >= 11 is 0. The van der Waals surface area contributed by atoms with Gasteiger partial charge in [-0.1, -0.05) is 32.9 Å². The van der Waals surface area contributed by atoms with Gasteiger partial charge in [0.2, 0.25) is 5.91 Å². The maximum absolute atomic E-state index is 13.1. The predicted molar refractivity (Wildman–Crippen MR) is 84.4 cm³/mol. The zero-order chi connectivity index (χ0) is 15.9. The number of amides is 1. The molecule has 0 heterocycles. The monoisotopic (exact) mass is 294 g/mol. The van der Waals surface area contributed by atoms with Crippen molar-refractivity contribution in [2.24, 2.45) is 11.7 Å². The third-order valence-corrected chi connectivity index (χ3v) is 4.34. The van der Waals surface area contributed by atoms with E-state index in [0.29, 0.717) is 19.4 Å². The Labute approximate surface area is 127 Å². The van der Waals surface area contributed by atoms with Crippen molar-refractivity contribution in [1.29, 1.82) is 0 Å². The molecule has 0 radical (unpaired) electrons. The van der Waals surface area contributed by atoms with Gasteiger partial charge in [-0.3, -0.25) is 4.79 Å². The summed E-state index contributed by atoms with van der Waals surface area (Å²) in [6, 6.07) is 6.53. The number of nitrogens with one attached hydrogen (secondary N) is 1. The molecule has 0 aromatic heterocycles. The summed E-state index contributed by atoms with van der Waals surface area (Å²) in [7, 11) is 0. The lowest BCUT2D eigenvalue weighted by Gasteiger charge is -2.32. The average molecular weight is 294 g/mol. The molecule has 1 amide bonds. The van der Waals surface area contributed by atoms with Gasteiger partial charge >= 0.3 is 0 Å². The van der Waals surface area contributed by atoms with Gasteiger partial charge < -0.3 is 11.1 Å². The molecule has 0 bridgehead atoms. The minimum absolute atomic E-state index is 0.0283. The number of benzene rings is 1. The second kappa shape index (κ2) is 8.13. The second-order valence-electron chi connectivity index (χ2n) is 5.75. The van der Waals surface area contributed by atoms with E-state index in [1.807, 2.05) is 26.8 Å². The molecule has 0 saturated carbocycles. The van der Waals surface area contributed by atoms with E-state index in [1.165, 1.54) is 12.1 Å². The molecule has 1 aromatic carbocycles. The normalized spacial score (nSPS) is 13.0. The maximum Gasteiger partial charge on any atom is 0.223 e. The minimum Gasteiger partial charge on any atom is -0.349 e. The van der Waals surface area contributed by atoms with Crippen LogP contribution in [0.5, 0.6) is 0 Å². The van der Waals surface area contributed by atoms with E-state index in [9.17, 15) is 9.18 Å². The molecule has 0 spiro atoms. The van der Waals surface area contributed by atoms with Crippen LogP contribution >= 0.6 is 0 Å². The Hall–Kier alpha value is -1.42. The molecule has 0 aliphatic rings. The molecule has 1 unspecified atom stereocenters. The first-order valence-electron chi connectivity index (χ1n) is 7.73. The number of hydrogen-bond acceptors (Lipinski definition) is 2. The van der Waals surface area contributed by atoms with E-state index < -0.39 is 0 Å². The highest BCUT2D eigenvalue weighted by Crippen LogP contribution is 2.16. The summed E-state index contributed by atoms with van der Waals surface area (Å²) in [6.45, 7) is 6.42. The largest absolute Gasteiger partial charge is 0.349 e. The third-order valence-electron chi connectivity index (χ3n) is 4.34. The minimum atomic E-state index is -0.301. The second-order valence-corrected chi connectivity index (χ2v) is 5.75. The van der Waals surface area contributed by atoms with Crippen LogP contribution in [0.3, 0.4) is 0 Å². The summed E-state index contributed by atoms with van der Waals surface area (Å²) in [5, 5.41) is 3.09. The molecule has 0 aliphatic heterocycles. The molecule has 118 valence electrons. The van der Waals surface area contributed by atoms with Crippen molar-refractivity contribution in [2.45, 2.75) is 52.0 Å². The zero-order valence-corrected chi connectivity index (χ0v) is 13.3. The van der Waals surface area contributed by atoms with Crippen LogP contribution in [0.15, 0.2) is 24.3 Å². The lowest BCUT2D eigenvalue weighted by atomic mass is 9.91. The molecule has 0 saturated heterocycles. The van der Waals surface area contributed by atoms with E-state index >= 15 is 0 Å². The highest BCUT2D eigenvalue weighted by molar-refractivity contribution is 5.79. The first-order chi connectivity index (χ1) is 9.96. The molecule has 3 N–H and O–H groups in total. The molecular weight excluding hydrogens is 267 g/mol. The van der Waals surface area contributed by atoms with Gasteiger partial charge in [-0.05, 0) is 43.4 Å². The van der Waals surface area contributed by atoms with Crippen molar-refractivity contribution < 1.29 is 9.18 Å². The van der Waals surface area contributed by atoms with Crippen LogP contribution in [0, 0.1) is 11.7 Å². The van der Waals surface area contributed by atoms with Gasteiger partial charge in [0.25, 0.3) is 0 Å². The van der Waals surface area contributed by atoms with E-state index in [4.69, 9.17) is 5.73 Å². The molecule has 1 aromatic rings. The van der Waals surface area contributed by atoms with Gasteiger partial charge in [0.15, 0.2) is 0 Å². The highest BCUT2D eigenvalue weighted by atomic mass is 19.1. The quantitative estimate of drug-likeness (QED) is 0.774. The van der Waals surface area contributed by atoms with Crippen LogP contribution in [0.4, 0.5) is 4.39 Å². The molecule has 1 atom stereocenters. The van der Waals surface area contributed by atoms with Gasteiger partial charge in [-0.2, -0.15) is 0 Å². The Bertz CT molecular complexity index is 450. The van der Waals surface area contributed by atoms with Gasteiger partial charge in [0, 0.05) is 12.5 Å². The zero-order valence-electron chi connectivity index (χ0n) is 13.3. The lowest BCUT2D eigenvalue weighted by molar-refractivity contribution is -0.126. The summed E-state index contributed by atoms with van der Waals surface area (Å²) < 4.78 is 13.1. The first-order valence-corrected chi connectivity index (χ1v) is 7.73. The van der Waals surface area contributed by atoms with E-state index in [1.54, 1.807) is 6.07 Å². The fourth-order valence-electron chi connectivity index (χ4n) is 2.36. The molecular formula is C17H27FN2O. The van der Waals surface area contributed by atoms with Gasteiger partial charge in [0.05, 0.1) is 5.54 Å². The van der Waals surface area contributed by atoms with Crippen LogP contribution in [0.1, 0.15) is 45.6 Å². The van der Waals surface area contributed by atoms with E-state index in [2.05, 4.69) is 5.32 Å². The van der Waals surface area contributed by atoms with Crippen molar-refractivity contribution in [3.05, 3.63) is 35.6 Å². The van der Waals surface area contributed by atoms with E-state index in [0.717, 1.165) is 18.4 Å². The van der Waals surface area contributed by atoms with Crippen LogP contribution in [-0.4, -0.2) is 18.0 Å². The van der Waals surface area contributed by atoms with Crippen LogP contribution < -0.4 is 11.1 Å². The Kier molecular flexibility index (Phi) is 6.82. The summed E-state index contributed by atoms with van der Waals surface area (Å²) in [5.74, 6) is -0.318. The number of nitrogens with two attached hydrogens (primary N) is 1. The predicted octanol–water partition coefficient (Wildman–Crippen LogP) is 3.03. The van der Waals surface area contributed by atoms with Crippen molar-refractivity contribution in [1.82, 2.24) is 5.32 Å². The summed E-state index contributed by atoms with van der Waals surface area (Å²) in [5.41, 5.74) is 6.42. The summed E-state index contributed by atoms with van der Waals surface area (Å²) in [6.07, 6.45) is 3.04. The van der Waals surface area contributed by atoms with Crippen LogP contribution in [0.25, 0.3) is 0 Å². The third kappa shape index (κ3) is 5.12. The highest BCUT2D eigenvalue weighted by Gasteiger charge is 2.28. The van der Waals surface area contributed by atoms with Crippen LogP contribution in [0.2, 0.25) is 0 Å². The van der Waals surface area contributed by atoms with E-state index in [-0.39, 0.29) is 23.2 Å². The molecule has 21 heavy (non-hydrogen) atoms. The van der Waals surface area contributed by atoms with Crippen LogP contribution in [-0.2, 0) is 11.2 Å². The van der Waals surface area contributed by atoms with Crippen molar-refractivity contribution in [3.63, 3.8) is 0 Å². The fourth-order valence-corrected chi connectivity index (χ4v) is 2.36. The molecule has 0 aliphatic carbocycles. The number of rotatable bonds is 8. The number of carbonyl (C=O) groups excluding carboxylic acids is 1. The number of aryl methyl sites for hydroxylation is 1. The number of carbonyl (C=O) groups is 1. The Morgan fingerprint density at radius 3 is 2.57 bits per heavy atom. The summed E-state index contributed by atoms with van der Waals surface area (Å²) in [4.78, 5) is 12.3.